The van der Waals surface area contributed by atoms with Crippen LogP contribution < -0.4 is 10.6 Å². The molecule has 5 nitrogen and oxygen atoms in total. The van der Waals surface area contributed by atoms with Gasteiger partial charge in [-0.2, -0.15) is 0 Å². The van der Waals surface area contributed by atoms with E-state index in [0.29, 0.717) is 26.2 Å². The Balaban J connectivity index is 2.04. The van der Waals surface area contributed by atoms with Crippen molar-refractivity contribution >= 4 is 11.8 Å². The zero-order valence-electron chi connectivity index (χ0n) is 13.4. The Hall–Kier alpha value is -2.32. The molecule has 1 aliphatic heterocycles. The molecule has 1 fully saturated rings. The van der Waals surface area contributed by atoms with Crippen molar-refractivity contribution in [1.82, 2.24) is 15.5 Å². The smallest absolute Gasteiger partial charge is 0.227 e. The molecule has 0 aliphatic carbocycles. The third kappa shape index (κ3) is 4.57. The molecule has 2 atom stereocenters. The Morgan fingerprint density at radius 2 is 2.17 bits per heavy atom. The molecule has 1 aromatic rings. The summed E-state index contributed by atoms with van der Waals surface area (Å²) in [4.78, 5) is 25.4. The van der Waals surface area contributed by atoms with Crippen LogP contribution in [0.5, 0.6) is 0 Å². The molecule has 5 heteroatoms. The summed E-state index contributed by atoms with van der Waals surface area (Å²) >= 11 is 0. The summed E-state index contributed by atoms with van der Waals surface area (Å²) in [7, 11) is 0. The minimum Gasteiger partial charge on any atom is -0.355 e. The number of nitrogens with one attached hydrogen (secondary N) is 2. The number of rotatable bonds is 7. The quantitative estimate of drug-likeness (QED) is 0.736. The van der Waals surface area contributed by atoms with Gasteiger partial charge in [0.2, 0.25) is 11.8 Å². The maximum absolute atomic E-state index is 12.7. The molecule has 1 aliphatic rings. The average molecular weight is 313 g/mol. The fourth-order valence-corrected chi connectivity index (χ4v) is 2.98. The number of terminal acetylenes is 1. The second-order valence-electron chi connectivity index (χ2n) is 5.68. The first-order chi connectivity index (χ1) is 11.1. The van der Waals surface area contributed by atoms with Crippen molar-refractivity contribution < 1.29 is 9.59 Å². The number of carbonyl (C=O) groups excluding carboxylic acids is 2. The van der Waals surface area contributed by atoms with Gasteiger partial charge < -0.3 is 10.2 Å². The first-order valence-corrected chi connectivity index (χ1v) is 7.88. The molecule has 0 spiro atoms. The van der Waals surface area contributed by atoms with E-state index < -0.39 is 0 Å². The maximum atomic E-state index is 12.7. The highest BCUT2D eigenvalue weighted by molar-refractivity contribution is 5.82. The predicted molar refractivity (Wildman–Crippen MR) is 89.4 cm³/mol. The second kappa shape index (κ2) is 8.35. The van der Waals surface area contributed by atoms with Gasteiger partial charge in [-0.1, -0.05) is 36.3 Å². The van der Waals surface area contributed by atoms with Crippen LogP contribution >= 0.6 is 0 Å². The zero-order chi connectivity index (χ0) is 16.7. The van der Waals surface area contributed by atoms with E-state index >= 15 is 0 Å². The SMILES string of the molecule is C#CCN[C@H](c1ccccc1)[C@@H]1CCN(CCNC(C)=O)C1=O. The number of likely N-dealkylation sites (tertiary alicyclic amines) is 1. The number of amides is 2. The van der Waals surface area contributed by atoms with Gasteiger partial charge in [0.25, 0.3) is 0 Å². The molecular weight excluding hydrogens is 290 g/mol. The van der Waals surface area contributed by atoms with E-state index in [1.165, 1.54) is 6.92 Å². The van der Waals surface area contributed by atoms with Crippen molar-refractivity contribution in [1.29, 1.82) is 0 Å². The largest absolute Gasteiger partial charge is 0.355 e. The van der Waals surface area contributed by atoms with Gasteiger partial charge in [-0.25, -0.2) is 0 Å². The van der Waals surface area contributed by atoms with E-state index in [9.17, 15) is 9.59 Å². The lowest BCUT2D eigenvalue weighted by atomic mass is 9.91. The molecule has 0 aromatic heterocycles. The van der Waals surface area contributed by atoms with Gasteiger partial charge in [0.15, 0.2) is 0 Å². The van der Waals surface area contributed by atoms with E-state index in [0.717, 1.165) is 12.0 Å². The molecule has 0 saturated carbocycles. The number of hydrogen-bond donors (Lipinski definition) is 2. The highest BCUT2D eigenvalue weighted by atomic mass is 16.2. The van der Waals surface area contributed by atoms with Gasteiger partial charge >= 0.3 is 0 Å². The Morgan fingerprint density at radius 3 is 2.83 bits per heavy atom. The number of hydrogen-bond acceptors (Lipinski definition) is 3. The van der Waals surface area contributed by atoms with Crippen LogP contribution in [0.25, 0.3) is 0 Å². The molecular formula is C18H23N3O2. The van der Waals surface area contributed by atoms with Crippen LogP contribution in [0, 0.1) is 18.3 Å². The molecule has 1 aromatic carbocycles. The summed E-state index contributed by atoms with van der Waals surface area (Å²) in [6.07, 6.45) is 6.15. The summed E-state index contributed by atoms with van der Waals surface area (Å²) in [5, 5.41) is 6.03. The standard InChI is InChI=1S/C18H23N3O2/c1-3-10-20-17(15-7-5-4-6-8-15)16-9-12-21(18(16)23)13-11-19-14(2)22/h1,4-8,16-17,20H,9-13H2,2H3,(H,19,22)/t16-,17+/m0/s1. The lowest BCUT2D eigenvalue weighted by molar-refractivity contribution is -0.132. The number of nitrogens with zero attached hydrogens (tertiary/aromatic N) is 1. The van der Waals surface area contributed by atoms with Crippen LogP contribution in [0.2, 0.25) is 0 Å². The molecule has 0 bridgehead atoms. The molecule has 0 unspecified atom stereocenters. The summed E-state index contributed by atoms with van der Waals surface area (Å²) < 4.78 is 0. The topological polar surface area (TPSA) is 61.4 Å². The van der Waals surface area contributed by atoms with E-state index in [-0.39, 0.29) is 23.8 Å². The van der Waals surface area contributed by atoms with Crippen LogP contribution in [0.1, 0.15) is 24.9 Å². The van der Waals surface area contributed by atoms with Crippen molar-refractivity contribution in [2.24, 2.45) is 5.92 Å². The predicted octanol–water partition coefficient (Wildman–Crippen LogP) is 0.935. The Kier molecular flexibility index (Phi) is 6.19. The first kappa shape index (κ1) is 17.0. The minimum atomic E-state index is -0.122. The van der Waals surface area contributed by atoms with E-state index in [1.807, 2.05) is 35.2 Å². The minimum absolute atomic E-state index is 0.0777. The van der Waals surface area contributed by atoms with Crippen molar-refractivity contribution in [3.8, 4) is 12.3 Å². The van der Waals surface area contributed by atoms with Crippen LogP contribution in [-0.2, 0) is 9.59 Å². The third-order valence-corrected chi connectivity index (χ3v) is 4.08. The van der Waals surface area contributed by atoms with Crippen molar-refractivity contribution in [2.75, 3.05) is 26.2 Å². The fraction of sp³-hybridized carbons (Fsp3) is 0.444. The van der Waals surface area contributed by atoms with Gasteiger partial charge in [-0.15, -0.1) is 6.42 Å². The monoisotopic (exact) mass is 313 g/mol. The van der Waals surface area contributed by atoms with Crippen molar-refractivity contribution in [3.05, 3.63) is 35.9 Å². The molecule has 2 amide bonds. The summed E-state index contributed by atoms with van der Waals surface area (Å²) in [5.74, 6) is 2.50. The summed E-state index contributed by atoms with van der Waals surface area (Å²) in [6.45, 7) is 3.65. The summed E-state index contributed by atoms with van der Waals surface area (Å²) in [5.41, 5.74) is 1.07. The van der Waals surface area contributed by atoms with Crippen LogP contribution in [-0.4, -0.2) is 42.9 Å². The highest BCUT2D eigenvalue weighted by Gasteiger charge is 2.37. The van der Waals surface area contributed by atoms with Crippen molar-refractivity contribution in [3.63, 3.8) is 0 Å². The molecule has 1 saturated heterocycles. The van der Waals surface area contributed by atoms with E-state index in [1.54, 1.807) is 0 Å². The van der Waals surface area contributed by atoms with Crippen LogP contribution in [0.15, 0.2) is 30.3 Å². The molecule has 122 valence electrons. The normalized spacial score (nSPS) is 18.5. The third-order valence-electron chi connectivity index (χ3n) is 4.08. The number of carbonyl (C=O) groups is 2. The summed E-state index contributed by atoms with van der Waals surface area (Å²) in [6, 6.07) is 9.84. The molecule has 1 heterocycles. The van der Waals surface area contributed by atoms with Gasteiger partial charge in [-0.05, 0) is 12.0 Å². The Morgan fingerprint density at radius 1 is 1.43 bits per heavy atom. The Bertz CT molecular complexity index is 580. The van der Waals surface area contributed by atoms with Crippen molar-refractivity contribution in [2.45, 2.75) is 19.4 Å². The van der Waals surface area contributed by atoms with Crippen LogP contribution in [0.4, 0.5) is 0 Å². The molecule has 2 N–H and O–H groups in total. The maximum Gasteiger partial charge on any atom is 0.227 e. The zero-order valence-corrected chi connectivity index (χ0v) is 13.4. The van der Waals surface area contributed by atoms with Gasteiger partial charge in [-0.3, -0.25) is 14.9 Å². The van der Waals surface area contributed by atoms with E-state index in [4.69, 9.17) is 6.42 Å². The number of benzene rings is 1. The molecule has 0 radical (unpaired) electrons. The first-order valence-electron chi connectivity index (χ1n) is 7.88. The lowest BCUT2D eigenvalue weighted by Crippen LogP contribution is -2.38. The second-order valence-corrected chi connectivity index (χ2v) is 5.68. The molecule has 23 heavy (non-hydrogen) atoms. The average Bonchev–Trinajstić information content (AvgIpc) is 2.90. The highest BCUT2D eigenvalue weighted by Crippen LogP contribution is 2.31. The fourth-order valence-electron chi connectivity index (χ4n) is 2.98. The van der Waals surface area contributed by atoms with Gasteiger partial charge in [0.1, 0.15) is 0 Å². The Labute approximate surface area is 137 Å². The van der Waals surface area contributed by atoms with Gasteiger partial charge in [0, 0.05) is 32.6 Å². The van der Waals surface area contributed by atoms with Gasteiger partial charge in [0.05, 0.1) is 12.5 Å². The van der Waals surface area contributed by atoms with E-state index in [2.05, 4.69) is 16.6 Å². The molecule has 2 rings (SSSR count). The van der Waals surface area contributed by atoms with Crippen LogP contribution in [0.3, 0.4) is 0 Å². The lowest BCUT2D eigenvalue weighted by Gasteiger charge is -2.24.